The second-order valence-corrected chi connectivity index (χ2v) is 9.89. The number of rotatable bonds is 10. The fourth-order valence-electron chi connectivity index (χ4n) is 4.69. The lowest BCUT2D eigenvalue weighted by atomic mass is 9.88. The van der Waals surface area contributed by atoms with Gasteiger partial charge in [0.1, 0.15) is 0 Å². The number of ketones is 1. The van der Waals surface area contributed by atoms with Crippen LogP contribution in [0.15, 0.2) is 30.5 Å². The molecule has 7 nitrogen and oxygen atoms in total. The molecule has 1 fully saturated rings. The molecule has 10 heteroatoms. The van der Waals surface area contributed by atoms with Gasteiger partial charge in [0.05, 0.1) is 6.54 Å². The van der Waals surface area contributed by atoms with E-state index in [9.17, 15) is 18.0 Å². The molecule has 2 N–H and O–H groups in total. The molecule has 1 aromatic carbocycles. The van der Waals surface area contributed by atoms with Gasteiger partial charge in [0.2, 0.25) is 5.95 Å². The number of alkyl halides is 3. The number of nitrogens with zero attached hydrogens (tertiary/aromatic N) is 4. The summed E-state index contributed by atoms with van der Waals surface area (Å²) in [5, 5.41) is 8.12. The second-order valence-electron chi connectivity index (χ2n) is 9.89. The number of hydrogen-bond acceptors (Lipinski definition) is 5. The topological polar surface area (TPSA) is 80.9 Å². The molecule has 1 atom stereocenters. The molecule has 0 radical (unpaired) electrons. The Morgan fingerprint density at radius 1 is 1.11 bits per heavy atom. The quantitative estimate of drug-likeness (QED) is 0.398. The van der Waals surface area contributed by atoms with Crippen LogP contribution in [0.2, 0.25) is 0 Å². The molecule has 35 heavy (non-hydrogen) atoms. The Bertz CT molecular complexity index is 1110. The zero-order valence-electron chi connectivity index (χ0n) is 20.2. The van der Waals surface area contributed by atoms with Crippen LogP contribution < -0.4 is 4.90 Å². The summed E-state index contributed by atoms with van der Waals surface area (Å²) in [5.74, 6) is 1.21. The van der Waals surface area contributed by atoms with Gasteiger partial charge in [-0.3, -0.25) is 14.8 Å². The molecule has 0 aliphatic carbocycles. The Hall–Kier alpha value is -2.88. The van der Waals surface area contributed by atoms with E-state index in [0.717, 1.165) is 24.8 Å². The molecule has 2 aromatic heterocycles. The smallest absolute Gasteiger partial charge is 0.361 e. The number of nitrogens with one attached hydrogen (secondary N) is 2. The molecule has 1 aliphatic rings. The number of Topliss-reactive ketones (excluding diaryl/α,β-unsaturated/α-hetero) is 1. The molecule has 190 valence electrons. The van der Waals surface area contributed by atoms with Crippen LogP contribution in [0.25, 0.3) is 10.9 Å². The first-order chi connectivity index (χ1) is 16.7. The number of halogens is 3. The Labute approximate surface area is 203 Å². The highest BCUT2D eigenvalue weighted by Gasteiger charge is 2.32. The van der Waals surface area contributed by atoms with Crippen molar-refractivity contribution < 1.29 is 18.0 Å². The van der Waals surface area contributed by atoms with Crippen molar-refractivity contribution in [1.82, 2.24) is 25.1 Å². The summed E-state index contributed by atoms with van der Waals surface area (Å²) >= 11 is 0. The minimum atomic E-state index is -4.20. The number of piperazine rings is 1. The zero-order valence-corrected chi connectivity index (χ0v) is 20.2. The molecule has 0 saturated carbocycles. The molecule has 0 bridgehead atoms. The lowest BCUT2D eigenvalue weighted by molar-refractivity contribution is -0.146. The molecular weight excluding hydrogens is 457 g/mol. The average Bonchev–Trinajstić information content (AvgIpc) is 3.45. The number of para-hydroxylation sites is 1. The largest absolute Gasteiger partial charge is 0.401 e. The number of fused-ring (bicyclic) bond motifs is 1. The van der Waals surface area contributed by atoms with Crippen molar-refractivity contribution >= 4 is 22.6 Å². The van der Waals surface area contributed by atoms with E-state index in [4.69, 9.17) is 0 Å². The normalized spacial score (nSPS) is 16.3. The number of carbonyl (C=O) groups excluding carboxylic acids is 1. The summed E-state index contributed by atoms with van der Waals surface area (Å²) in [6.07, 6.45) is 0.952. The van der Waals surface area contributed by atoms with Crippen molar-refractivity contribution in [2.24, 2.45) is 11.8 Å². The van der Waals surface area contributed by atoms with Crippen molar-refractivity contribution in [3.05, 3.63) is 41.9 Å². The maximum atomic E-state index is 13.1. The van der Waals surface area contributed by atoms with E-state index in [0.29, 0.717) is 31.4 Å². The SMILES string of the molecule is CC(C)CCC(CC(=O)c1nc(N2CCN(CC(F)(F)F)CC2)n[nH]1)Cc1c[nH]c2ccccc12. The third-order valence-electron chi connectivity index (χ3n) is 6.61. The minimum Gasteiger partial charge on any atom is -0.361 e. The Kier molecular flexibility index (Phi) is 7.78. The lowest BCUT2D eigenvalue weighted by Crippen LogP contribution is -2.49. The maximum Gasteiger partial charge on any atom is 0.401 e. The van der Waals surface area contributed by atoms with Gasteiger partial charge < -0.3 is 9.88 Å². The van der Waals surface area contributed by atoms with Gasteiger partial charge >= 0.3 is 6.18 Å². The fourth-order valence-corrected chi connectivity index (χ4v) is 4.69. The van der Waals surface area contributed by atoms with Crippen molar-refractivity contribution in [2.75, 3.05) is 37.6 Å². The molecule has 4 rings (SSSR count). The van der Waals surface area contributed by atoms with E-state index in [1.54, 1.807) is 0 Å². The van der Waals surface area contributed by atoms with Crippen LogP contribution in [0, 0.1) is 11.8 Å². The first-order valence-electron chi connectivity index (χ1n) is 12.2. The van der Waals surface area contributed by atoms with Gasteiger partial charge in [-0.05, 0) is 36.3 Å². The summed E-state index contributed by atoms with van der Waals surface area (Å²) in [4.78, 5) is 24.0. The number of carbonyl (C=O) groups is 1. The number of anilines is 1. The van der Waals surface area contributed by atoms with Gasteiger partial charge in [0.15, 0.2) is 11.6 Å². The third kappa shape index (κ3) is 6.84. The number of aromatic amines is 2. The summed E-state index contributed by atoms with van der Waals surface area (Å²) in [6.45, 7) is 4.78. The van der Waals surface area contributed by atoms with E-state index in [-0.39, 0.29) is 30.6 Å². The highest BCUT2D eigenvalue weighted by Crippen LogP contribution is 2.27. The molecule has 3 heterocycles. The van der Waals surface area contributed by atoms with Gasteiger partial charge in [-0.15, -0.1) is 5.10 Å². The molecule has 3 aromatic rings. The third-order valence-corrected chi connectivity index (χ3v) is 6.61. The number of hydrogen-bond donors (Lipinski definition) is 2. The van der Waals surface area contributed by atoms with Crippen molar-refractivity contribution in [3.63, 3.8) is 0 Å². The predicted molar refractivity (Wildman–Crippen MR) is 130 cm³/mol. The van der Waals surface area contributed by atoms with Crippen LogP contribution in [0.3, 0.4) is 0 Å². The molecule has 0 spiro atoms. The summed E-state index contributed by atoms with van der Waals surface area (Å²) < 4.78 is 37.9. The predicted octanol–water partition coefficient (Wildman–Crippen LogP) is 4.84. The Balaban J connectivity index is 1.38. The van der Waals surface area contributed by atoms with Crippen LogP contribution in [-0.2, 0) is 6.42 Å². The van der Waals surface area contributed by atoms with Gasteiger partial charge in [0, 0.05) is 49.7 Å². The van der Waals surface area contributed by atoms with E-state index in [1.807, 2.05) is 29.3 Å². The summed E-state index contributed by atoms with van der Waals surface area (Å²) in [6, 6.07) is 8.17. The van der Waals surface area contributed by atoms with E-state index in [2.05, 4.69) is 40.1 Å². The zero-order chi connectivity index (χ0) is 25.0. The van der Waals surface area contributed by atoms with Gasteiger partial charge in [0.25, 0.3) is 0 Å². The van der Waals surface area contributed by atoms with Crippen LogP contribution in [0.4, 0.5) is 19.1 Å². The van der Waals surface area contributed by atoms with Gasteiger partial charge in [-0.2, -0.15) is 18.2 Å². The maximum absolute atomic E-state index is 13.1. The average molecular weight is 491 g/mol. The lowest BCUT2D eigenvalue weighted by Gasteiger charge is -2.34. The van der Waals surface area contributed by atoms with Crippen LogP contribution in [0.1, 0.15) is 49.3 Å². The summed E-state index contributed by atoms with van der Waals surface area (Å²) in [7, 11) is 0. The van der Waals surface area contributed by atoms with Gasteiger partial charge in [-0.1, -0.05) is 38.5 Å². The molecule has 0 amide bonds. The van der Waals surface area contributed by atoms with E-state index >= 15 is 0 Å². The van der Waals surface area contributed by atoms with Crippen molar-refractivity contribution in [1.29, 1.82) is 0 Å². The Morgan fingerprint density at radius 2 is 1.86 bits per heavy atom. The minimum absolute atomic E-state index is 0.0898. The molecule has 1 unspecified atom stereocenters. The number of H-pyrrole nitrogens is 2. The van der Waals surface area contributed by atoms with E-state index in [1.165, 1.54) is 15.8 Å². The highest BCUT2D eigenvalue weighted by molar-refractivity contribution is 5.93. The number of aromatic nitrogens is 4. The van der Waals surface area contributed by atoms with Crippen LogP contribution in [0.5, 0.6) is 0 Å². The molecular formula is C25H33F3N6O. The van der Waals surface area contributed by atoms with Crippen LogP contribution in [-0.4, -0.2) is 69.7 Å². The molecule has 1 aliphatic heterocycles. The van der Waals surface area contributed by atoms with Gasteiger partial charge in [-0.25, -0.2) is 0 Å². The first-order valence-corrected chi connectivity index (χ1v) is 12.2. The fraction of sp³-hybridized carbons (Fsp3) is 0.560. The molecule has 1 saturated heterocycles. The van der Waals surface area contributed by atoms with Crippen LogP contribution >= 0.6 is 0 Å². The van der Waals surface area contributed by atoms with Crippen molar-refractivity contribution in [2.45, 2.75) is 45.7 Å². The Morgan fingerprint density at radius 3 is 2.57 bits per heavy atom. The second kappa shape index (κ2) is 10.8. The van der Waals surface area contributed by atoms with Crippen molar-refractivity contribution in [3.8, 4) is 0 Å². The van der Waals surface area contributed by atoms with E-state index < -0.39 is 12.7 Å². The monoisotopic (exact) mass is 490 g/mol. The summed E-state index contributed by atoms with van der Waals surface area (Å²) in [5.41, 5.74) is 2.30. The highest BCUT2D eigenvalue weighted by atomic mass is 19.4. The number of benzene rings is 1. The first kappa shape index (κ1) is 25.2. The standard InChI is InChI=1S/C25H33F3N6O/c1-17(2)7-8-18(13-19-15-29-21-6-4-3-5-20(19)21)14-22(35)23-30-24(32-31-23)34-11-9-33(10-12-34)16-25(26,27)28/h3-6,15,17-18,29H,7-14,16H2,1-2H3,(H,30,31,32).